The van der Waals surface area contributed by atoms with Gasteiger partial charge in [-0.05, 0) is 55.5 Å². The van der Waals surface area contributed by atoms with E-state index >= 15 is 0 Å². The number of nitrogens with zero attached hydrogens (tertiary/aromatic N) is 2. The Labute approximate surface area is 155 Å². The molecule has 1 aliphatic rings. The molecule has 0 saturated carbocycles. The van der Waals surface area contributed by atoms with Crippen molar-refractivity contribution >= 4 is 33.2 Å². The van der Waals surface area contributed by atoms with Crippen LogP contribution in [0.25, 0.3) is 0 Å². The molecule has 1 saturated heterocycles. The standard InChI is InChI=1S/C19H21BrFN3O/c1-14(19(25)22-17-6-2-15(20)3-7-17)23-10-12-24(13-11-23)18-8-4-16(21)5-9-18/h2-9,14H,10-13H2,1H3,(H,22,25)/t14-/m1/s1. The van der Waals surface area contributed by atoms with Crippen LogP contribution in [0.2, 0.25) is 0 Å². The van der Waals surface area contributed by atoms with Crippen molar-refractivity contribution in [2.45, 2.75) is 13.0 Å². The van der Waals surface area contributed by atoms with Crippen LogP contribution in [-0.2, 0) is 4.79 Å². The molecule has 1 N–H and O–H groups in total. The molecule has 0 aliphatic carbocycles. The molecule has 132 valence electrons. The summed E-state index contributed by atoms with van der Waals surface area (Å²) in [6.45, 7) is 5.17. The van der Waals surface area contributed by atoms with Gasteiger partial charge in [-0.15, -0.1) is 0 Å². The molecule has 1 fully saturated rings. The Morgan fingerprint density at radius 3 is 2.24 bits per heavy atom. The molecule has 6 heteroatoms. The summed E-state index contributed by atoms with van der Waals surface area (Å²) in [6, 6.07) is 13.9. The van der Waals surface area contributed by atoms with Crippen molar-refractivity contribution in [2.75, 3.05) is 36.4 Å². The average Bonchev–Trinajstić information content (AvgIpc) is 2.64. The van der Waals surface area contributed by atoms with E-state index in [1.807, 2.05) is 31.2 Å². The Hall–Kier alpha value is -1.92. The lowest BCUT2D eigenvalue weighted by molar-refractivity contribution is -0.120. The fourth-order valence-corrected chi connectivity index (χ4v) is 3.23. The van der Waals surface area contributed by atoms with Gasteiger partial charge in [0.25, 0.3) is 0 Å². The molecule has 2 aromatic carbocycles. The lowest BCUT2D eigenvalue weighted by Crippen LogP contribution is -2.52. The van der Waals surface area contributed by atoms with Crippen molar-refractivity contribution in [3.05, 3.63) is 58.8 Å². The molecule has 4 nitrogen and oxygen atoms in total. The molecular weight excluding hydrogens is 385 g/mol. The Morgan fingerprint density at radius 2 is 1.64 bits per heavy atom. The fraction of sp³-hybridized carbons (Fsp3) is 0.316. The molecule has 1 heterocycles. The summed E-state index contributed by atoms with van der Waals surface area (Å²) < 4.78 is 14.0. The van der Waals surface area contributed by atoms with Crippen LogP contribution in [0.4, 0.5) is 15.8 Å². The molecule has 0 spiro atoms. The number of carbonyl (C=O) groups excluding carboxylic acids is 1. The van der Waals surface area contributed by atoms with E-state index in [4.69, 9.17) is 0 Å². The zero-order chi connectivity index (χ0) is 17.8. The van der Waals surface area contributed by atoms with E-state index in [2.05, 4.69) is 31.0 Å². The minimum Gasteiger partial charge on any atom is -0.369 e. The highest BCUT2D eigenvalue weighted by atomic mass is 79.9. The van der Waals surface area contributed by atoms with Crippen LogP contribution in [0.15, 0.2) is 53.0 Å². The predicted octanol–water partition coefficient (Wildman–Crippen LogP) is 3.74. The number of piperazine rings is 1. The van der Waals surface area contributed by atoms with Crippen LogP contribution in [0, 0.1) is 5.82 Å². The molecule has 0 unspecified atom stereocenters. The summed E-state index contributed by atoms with van der Waals surface area (Å²) in [4.78, 5) is 16.9. The Kier molecular flexibility index (Phi) is 5.71. The Morgan fingerprint density at radius 1 is 1.04 bits per heavy atom. The van der Waals surface area contributed by atoms with E-state index < -0.39 is 0 Å². The fourth-order valence-electron chi connectivity index (χ4n) is 2.97. The third kappa shape index (κ3) is 4.58. The van der Waals surface area contributed by atoms with Crippen molar-refractivity contribution in [1.82, 2.24) is 4.90 Å². The Balaban J connectivity index is 1.53. The number of nitrogens with one attached hydrogen (secondary N) is 1. The van der Waals surface area contributed by atoms with Gasteiger partial charge in [0.05, 0.1) is 6.04 Å². The number of rotatable bonds is 4. The number of hydrogen-bond donors (Lipinski definition) is 1. The van der Waals surface area contributed by atoms with Crippen LogP contribution < -0.4 is 10.2 Å². The van der Waals surface area contributed by atoms with Crippen LogP contribution in [0.3, 0.4) is 0 Å². The smallest absolute Gasteiger partial charge is 0.241 e. The van der Waals surface area contributed by atoms with Crippen molar-refractivity contribution in [2.24, 2.45) is 0 Å². The molecular formula is C19H21BrFN3O. The zero-order valence-electron chi connectivity index (χ0n) is 14.1. The second kappa shape index (κ2) is 7.97. The van der Waals surface area contributed by atoms with Crippen molar-refractivity contribution in [3.63, 3.8) is 0 Å². The molecule has 0 aromatic heterocycles. The molecule has 25 heavy (non-hydrogen) atoms. The second-order valence-electron chi connectivity index (χ2n) is 6.17. The summed E-state index contributed by atoms with van der Waals surface area (Å²) in [5, 5.41) is 2.96. The van der Waals surface area contributed by atoms with Gasteiger partial charge < -0.3 is 10.2 Å². The van der Waals surface area contributed by atoms with Gasteiger partial charge >= 0.3 is 0 Å². The molecule has 1 atom stereocenters. The minimum atomic E-state index is -0.222. The van der Waals surface area contributed by atoms with Crippen molar-refractivity contribution < 1.29 is 9.18 Å². The summed E-state index contributed by atoms with van der Waals surface area (Å²) in [6.07, 6.45) is 0. The summed E-state index contributed by atoms with van der Waals surface area (Å²) >= 11 is 3.39. The molecule has 1 amide bonds. The molecule has 0 radical (unpaired) electrons. The highest BCUT2D eigenvalue weighted by molar-refractivity contribution is 9.10. The van der Waals surface area contributed by atoms with Gasteiger partial charge in [0.2, 0.25) is 5.91 Å². The lowest BCUT2D eigenvalue weighted by Gasteiger charge is -2.38. The van der Waals surface area contributed by atoms with E-state index in [0.717, 1.165) is 42.0 Å². The van der Waals surface area contributed by atoms with Gasteiger partial charge in [0, 0.05) is 42.0 Å². The van der Waals surface area contributed by atoms with Gasteiger partial charge in [0.1, 0.15) is 5.82 Å². The van der Waals surface area contributed by atoms with Crippen LogP contribution in [0.1, 0.15) is 6.92 Å². The maximum absolute atomic E-state index is 13.0. The van der Waals surface area contributed by atoms with Crippen LogP contribution in [-0.4, -0.2) is 43.0 Å². The number of hydrogen-bond acceptors (Lipinski definition) is 3. The topological polar surface area (TPSA) is 35.6 Å². The first kappa shape index (κ1) is 17.9. The summed E-state index contributed by atoms with van der Waals surface area (Å²) in [5.41, 5.74) is 1.82. The normalized spacial score (nSPS) is 16.5. The first-order chi connectivity index (χ1) is 12.0. The highest BCUT2D eigenvalue weighted by Crippen LogP contribution is 2.19. The van der Waals surface area contributed by atoms with Gasteiger partial charge in [-0.3, -0.25) is 9.69 Å². The highest BCUT2D eigenvalue weighted by Gasteiger charge is 2.25. The van der Waals surface area contributed by atoms with E-state index in [1.54, 1.807) is 12.1 Å². The van der Waals surface area contributed by atoms with E-state index in [-0.39, 0.29) is 17.8 Å². The first-order valence-electron chi connectivity index (χ1n) is 8.34. The van der Waals surface area contributed by atoms with Crippen molar-refractivity contribution in [3.8, 4) is 0 Å². The SMILES string of the molecule is C[C@H](C(=O)Nc1ccc(Br)cc1)N1CCN(c2ccc(F)cc2)CC1. The lowest BCUT2D eigenvalue weighted by atomic mass is 10.2. The quantitative estimate of drug-likeness (QED) is 0.841. The largest absolute Gasteiger partial charge is 0.369 e. The van der Waals surface area contributed by atoms with Gasteiger partial charge in [-0.1, -0.05) is 15.9 Å². The van der Waals surface area contributed by atoms with E-state index in [0.29, 0.717) is 0 Å². The third-order valence-electron chi connectivity index (χ3n) is 4.54. The number of benzene rings is 2. The van der Waals surface area contributed by atoms with Gasteiger partial charge in [-0.2, -0.15) is 0 Å². The first-order valence-corrected chi connectivity index (χ1v) is 9.13. The third-order valence-corrected chi connectivity index (χ3v) is 5.07. The van der Waals surface area contributed by atoms with Gasteiger partial charge in [0.15, 0.2) is 0 Å². The molecule has 2 aromatic rings. The Bertz CT molecular complexity index is 712. The second-order valence-corrected chi connectivity index (χ2v) is 7.09. The van der Waals surface area contributed by atoms with Gasteiger partial charge in [-0.25, -0.2) is 4.39 Å². The van der Waals surface area contributed by atoms with E-state index in [1.165, 1.54) is 12.1 Å². The number of anilines is 2. The van der Waals surface area contributed by atoms with Crippen LogP contribution >= 0.6 is 15.9 Å². The molecule has 0 bridgehead atoms. The molecule has 1 aliphatic heterocycles. The zero-order valence-corrected chi connectivity index (χ0v) is 15.7. The van der Waals surface area contributed by atoms with E-state index in [9.17, 15) is 9.18 Å². The van der Waals surface area contributed by atoms with Crippen LogP contribution in [0.5, 0.6) is 0 Å². The number of carbonyl (C=O) groups is 1. The maximum atomic E-state index is 13.0. The summed E-state index contributed by atoms with van der Waals surface area (Å²) in [5.74, 6) is -0.224. The maximum Gasteiger partial charge on any atom is 0.241 e. The average molecular weight is 406 g/mol. The number of amides is 1. The summed E-state index contributed by atoms with van der Waals surface area (Å²) in [7, 11) is 0. The molecule has 3 rings (SSSR count). The predicted molar refractivity (Wildman–Crippen MR) is 102 cm³/mol. The van der Waals surface area contributed by atoms with Crippen molar-refractivity contribution in [1.29, 1.82) is 0 Å². The monoisotopic (exact) mass is 405 g/mol. The number of halogens is 2. The minimum absolute atomic E-state index is 0.00226.